The zero-order valence-electron chi connectivity index (χ0n) is 15.1. The molecule has 0 saturated heterocycles. The lowest BCUT2D eigenvalue weighted by Gasteiger charge is -2.30. The van der Waals surface area contributed by atoms with E-state index in [-0.39, 0.29) is 10.9 Å². The van der Waals surface area contributed by atoms with Crippen molar-refractivity contribution in [3.05, 3.63) is 64.1 Å². The lowest BCUT2D eigenvalue weighted by Crippen LogP contribution is -2.47. The van der Waals surface area contributed by atoms with Gasteiger partial charge in [-0.1, -0.05) is 59.6 Å². The predicted molar refractivity (Wildman–Crippen MR) is 106 cm³/mol. The minimum Gasteiger partial charge on any atom is -0.338 e. The highest BCUT2D eigenvalue weighted by Gasteiger charge is 2.39. The van der Waals surface area contributed by atoms with Crippen LogP contribution in [0.5, 0.6) is 0 Å². The highest BCUT2D eigenvalue weighted by atomic mass is 35.5. The van der Waals surface area contributed by atoms with Crippen LogP contribution >= 0.6 is 23.2 Å². The fourth-order valence-corrected chi connectivity index (χ4v) is 2.85. The topological polar surface area (TPSA) is 49.4 Å². The molecule has 4 nitrogen and oxygen atoms in total. The molecule has 0 saturated carbocycles. The Morgan fingerprint density at radius 1 is 1.04 bits per heavy atom. The number of amides is 2. The first kappa shape index (κ1) is 20.3. The minimum absolute atomic E-state index is 0.250. The van der Waals surface area contributed by atoms with Crippen molar-refractivity contribution in [2.75, 3.05) is 11.9 Å². The summed E-state index contributed by atoms with van der Waals surface area (Å²) < 4.78 is 0. The van der Waals surface area contributed by atoms with Gasteiger partial charge in [-0.3, -0.25) is 9.59 Å². The van der Waals surface area contributed by atoms with E-state index in [1.165, 1.54) is 0 Å². The van der Waals surface area contributed by atoms with Crippen molar-refractivity contribution in [3.8, 4) is 0 Å². The Labute approximate surface area is 164 Å². The van der Waals surface area contributed by atoms with Crippen LogP contribution in [0.2, 0.25) is 10.0 Å². The van der Waals surface area contributed by atoms with E-state index in [0.29, 0.717) is 23.8 Å². The summed E-state index contributed by atoms with van der Waals surface area (Å²) in [6, 6.07) is 14.6. The molecule has 0 atom stereocenters. The monoisotopic (exact) mass is 392 g/mol. The number of carbonyl (C=O) groups is 2. The van der Waals surface area contributed by atoms with Gasteiger partial charge in [0.25, 0.3) is 0 Å². The van der Waals surface area contributed by atoms with Crippen molar-refractivity contribution in [1.82, 2.24) is 4.90 Å². The molecule has 26 heavy (non-hydrogen) atoms. The zero-order chi connectivity index (χ0) is 19.3. The number of carbonyl (C=O) groups excluding carboxylic acids is 2. The average Bonchev–Trinajstić information content (AvgIpc) is 2.63. The smallest absolute Gasteiger partial charge is 0.239 e. The van der Waals surface area contributed by atoms with Crippen LogP contribution in [0, 0.1) is 5.41 Å². The molecule has 0 bridgehead atoms. The summed E-state index contributed by atoms with van der Waals surface area (Å²) in [7, 11) is 0. The largest absolute Gasteiger partial charge is 0.338 e. The Bertz CT molecular complexity index is 792. The van der Waals surface area contributed by atoms with Crippen LogP contribution in [0.15, 0.2) is 48.5 Å². The standard InChI is InChI=1S/C20H22Cl2N2O2/c1-4-24(13-14-9-6-5-7-10-14)19(26)20(2,3)18(25)23-16-12-8-11-15(21)17(16)22/h5-12H,4,13H2,1-3H3,(H,23,25). The molecule has 0 aliphatic rings. The third-order valence-corrected chi connectivity index (χ3v) is 5.01. The van der Waals surface area contributed by atoms with Crippen LogP contribution in [0.3, 0.4) is 0 Å². The quantitative estimate of drug-likeness (QED) is 0.702. The van der Waals surface area contributed by atoms with Gasteiger partial charge < -0.3 is 10.2 Å². The molecule has 0 spiro atoms. The first-order chi connectivity index (χ1) is 12.3. The molecule has 0 unspecified atom stereocenters. The molecule has 2 amide bonds. The molecule has 0 radical (unpaired) electrons. The van der Waals surface area contributed by atoms with Crippen LogP contribution in [-0.2, 0) is 16.1 Å². The van der Waals surface area contributed by atoms with Crippen molar-refractivity contribution in [2.45, 2.75) is 27.3 Å². The van der Waals surface area contributed by atoms with Crippen LogP contribution in [0.25, 0.3) is 0 Å². The van der Waals surface area contributed by atoms with E-state index in [1.54, 1.807) is 36.9 Å². The first-order valence-electron chi connectivity index (χ1n) is 8.36. The van der Waals surface area contributed by atoms with Crippen LogP contribution in [0.4, 0.5) is 5.69 Å². The van der Waals surface area contributed by atoms with Gasteiger partial charge in [-0.15, -0.1) is 0 Å². The van der Waals surface area contributed by atoms with E-state index in [2.05, 4.69) is 5.32 Å². The van der Waals surface area contributed by atoms with E-state index in [9.17, 15) is 9.59 Å². The third-order valence-electron chi connectivity index (χ3n) is 4.19. The number of halogens is 2. The second-order valence-electron chi connectivity index (χ2n) is 6.49. The molecule has 0 aromatic heterocycles. The number of nitrogens with one attached hydrogen (secondary N) is 1. The van der Waals surface area contributed by atoms with Gasteiger partial charge in [0.05, 0.1) is 15.7 Å². The molecular formula is C20H22Cl2N2O2. The van der Waals surface area contributed by atoms with Gasteiger partial charge in [-0.05, 0) is 38.5 Å². The summed E-state index contributed by atoms with van der Waals surface area (Å²) in [4.78, 5) is 27.4. The summed E-state index contributed by atoms with van der Waals surface area (Å²) in [6.45, 7) is 6.06. The fraction of sp³-hybridized carbons (Fsp3) is 0.300. The van der Waals surface area contributed by atoms with E-state index in [1.807, 2.05) is 37.3 Å². The molecule has 6 heteroatoms. The highest BCUT2D eigenvalue weighted by Crippen LogP contribution is 2.31. The molecule has 0 aliphatic carbocycles. The van der Waals surface area contributed by atoms with Gasteiger partial charge in [0.15, 0.2) is 0 Å². The van der Waals surface area contributed by atoms with E-state index < -0.39 is 11.3 Å². The lowest BCUT2D eigenvalue weighted by atomic mass is 9.90. The van der Waals surface area contributed by atoms with Gasteiger partial charge >= 0.3 is 0 Å². The van der Waals surface area contributed by atoms with E-state index in [0.717, 1.165) is 5.56 Å². The molecule has 2 aromatic carbocycles. The summed E-state index contributed by atoms with van der Waals surface area (Å²) >= 11 is 12.1. The van der Waals surface area contributed by atoms with Crippen LogP contribution < -0.4 is 5.32 Å². The number of nitrogens with zero attached hydrogens (tertiary/aromatic N) is 1. The number of hydrogen-bond donors (Lipinski definition) is 1. The number of hydrogen-bond acceptors (Lipinski definition) is 2. The third kappa shape index (κ3) is 4.57. The van der Waals surface area contributed by atoms with Crippen molar-refractivity contribution in [3.63, 3.8) is 0 Å². The molecule has 0 fully saturated rings. The van der Waals surface area contributed by atoms with Gasteiger partial charge in [-0.25, -0.2) is 0 Å². The van der Waals surface area contributed by atoms with Gasteiger partial charge in [0.1, 0.15) is 5.41 Å². The normalized spacial score (nSPS) is 11.1. The van der Waals surface area contributed by atoms with E-state index >= 15 is 0 Å². The van der Waals surface area contributed by atoms with E-state index in [4.69, 9.17) is 23.2 Å². The fourth-order valence-electron chi connectivity index (χ4n) is 2.50. The molecule has 0 heterocycles. The Morgan fingerprint density at radius 3 is 2.31 bits per heavy atom. The van der Waals surface area contributed by atoms with Gasteiger partial charge in [-0.2, -0.15) is 0 Å². The summed E-state index contributed by atoms with van der Waals surface area (Å²) in [6.07, 6.45) is 0. The number of rotatable bonds is 6. The second kappa shape index (κ2) is 8.56. The van der Waals surface area contributed by atoms with Crippen LogP contribution in [-0.4, -0.2) is 23.3 Å². The van der Waals surface area contributed by atoms with Crippen molar-refractivity contribution >= 4 is 40.7 Å². The van der Waals surface area contributed by atoms with Crippen molar-refractivity contribution in [2.24, 2.45) is 5.41 Å². The Kier molecular flexibility index (Phi) is 6.68. The average molecular weight is 393 g/mol. The van der Waals surface area contributed by atoms with Crippen LogP contribution in [0.1, 0.15) is 26.3 Å². The lowest BCUT2D eigenvalue weighted by molar-refractivity contribution is -0.146. The molecule has 2 rings (SSSR count). The van der Waals surface area contributed by atoms with Crippen molar-refractivity contribution < 1.29 is 9.59 Å². The molecule has 0 aliphatic heterocycles. The van der Waals surface area contributed by atoms with Gasteiger partial charge in [0.2, 0.25) is 11.8 Å². The first-order valence-corrected chi connectivity index (χ1v) is 9.11. The number of anilines is 1. The maximum absolute atomic E-state index is 13.0. The summed E-state index contributed by atoms with van der Waals surface area (Å²) in [5.74, 6) is -0.683. The SMILES string of the molecule is CCN(Cc1ccccc1)C(=O)C(C)(C)C(=O)Nc1cccc(Cl)c1Cl. The second-order valence-corrected chi connectivity index (χ2v) is 7.27. The zero-order valence-corrected chi connectivity index (χ0v) is 16.6. The minimum atomic E-state index is -1.25. The maximum Gasteiger partial charge on any atom is 0.239 e. The molecule has 2 aromatic rings. The van der Waals surface area contributed by atoms with Crippen molar-refractivity contribution in [1.29, 1.82) is 0 Å². The molecule has 138 valence electrons. The Balaban J connectivity index is 2.16. The summed E-state index contributed by atoms with van der Waals surface area (Å²) in [5.41, 5.74) is 0.143. The predicted octanol–water partition coefficient (Wildman–Crippen LogP) is 5.01. The Hall–Kier alpha value is -2.04. The van der Waals surface area contributed by atoms with Gasteiger partial charge in [0, 0.05) is 13.1 Å². The summed E-state index contributed by atoms with van der Waals surface area (Å²) in [5, 5.41) is 3.31. The molecule has 1 N–H and O–H groups in total. The number of benzene rings is 2. The molecular weight excluding hydrogens is 371 g/mol. The highest BCUT2D eigenvalue weighted by molar-refractivity contribution is 6.44. The Morgan fingerprint density at radius 2 is 1.69 bits per heavy atom. The maximum atomic E-state index is 13.0.